The van der Waals surface area contributed by atoms with Crippen molar-refractivity contribution < 1.29 is 4.39 Å². The summed E-state index contributed by atoms with van der Waals surface area (Å²) in [6.45, 7) is 6.68. The number of aryl methyl sites for hydroxylation is 1. The summed E-state index contributed by atoms with van der Waals surface area (Å²) >= 11 is 0. The number of hydrogen-bond acceptors (Lipinski definition) is 2. The molecule has 0 aliphatic heterocycles. The van der Waals surface area contributed by atoms with Gasteiger partial charge in [-0.25, -0.2) is 9.37 Å². The molecule has 0 radical (unpaired) electrons. The predicted molar refractivity (Wildman–Crippen MR) is 78.9 cm³/mol. The number of fused-ring (bicyclic) bond motifs is 1. The van der Waals surface area contributed by atoms with Crippen molar-refractivity contribution in [2.24, 2.45) is 0 Å². The Balaban J connectivity index is 2.09. The number of halogens is 1. The first kappa shape index (κ1) is 13.7. The van der Waals surface area contributed by atoms with Crippen LogP contribution in [0, 0.1) is 17.3 Å². The zero-order valence-electron chi connectivity index (χ0n) is 11.5. The zero-order valence-corrected chi connectivity index (χ0v) is 12.5. The number of benzene rings is 1. The SMILES string of the molecule is C[Si](C)(C)C#CCCc1cnc2cc(F)ccc2n1. The summed E-state index contributed by atoms with van der Waals surface area (Å²) in [5, 5.41) is 0. The molecule has 1 aromatic carbocycles. The highest BCUT2D eigenvalue weighted by atomic mass is 28.3. The fourth-order valence-electron chi connectivity index (χ4n) is 1.66. The largest absolute Gasteiger partial charge is 0.253 e. The predicted octanol–water partition coefficient (Wildman–Crippen LogP) is 3.58. The average Bonchev–Trinajstić information content (AvgIpc) is 2.33. The van der Waals surface area contributed by atoms with Crippen LogP contribution in [0.25, 0.3) is 11.0 Å². The molecule has 0 bridgehead atoms. The van der Waals surface area contributed by atoms with E-state index < -0.39 is 8.07 Å². The second-order valence-corrected chi connectivity index (χ2v) is 10.3. The lowest BCUT2D eigenvalue weighted by Gasteiger charge is -2.03. The molecule has 0 atom stereocenters. The fourth-order valence-corrected chi connectivity index (χ4v) is 2.32. The average molecular weight is 272 g/mol. The van der Waals surface area contributed by atoms with Crippen molar-refractivity contribution in [2.45, 2.75) is 32.5 Å². The summed E-state index contributed by atoms with van der Waals surface area (Å²) < 4.78 is 13.0. The third-order valence-electron chi connectivity index (χ3n) is 2.52. The van der Waals surface area contributed by atoms with Gasteiger partial charge in [0.1, 0.15) is 13.9 Å². The normalized spacial score (nSPS) is 11.2. The molecule has 4 heteroatoms. The van der Waals surface area contributed by atoms with Crippen LogP contribution in [0.4, 0.5) is 4.39 Å². The van der Waals surface area contributed by atoms with Crippen LogP contribution >= 0.6 is 0 Å². The molecule has 1 heterocycles. The Morgan fingerprint density at radius 1 is 1.21 bits per heavy atom. The van der Waals surface area contributed by atoms with E-state index in [2.05, 4.69) is 41.1 Å². The third kappa shape index (κ3) is 4.14. The minimum Gasteiger partial charge on any atom is -0.253 e. The maximum Gasteiger partial charge on any atom is 0.129 e. The fraction of sp³-hybridized carbons (Fsp3) is 0.333. The Bertz CT molecular complexity index is 650. The second-order valence-electron chi connectivity index (χ2n) is 5.55. The van der Waals surface area contributed by atoms with E-state index in [-0.39, 0.29) is 5.82 Å². The van der Waals surface area contributed by atoms with Gasteiger partial charge in [0.2, 0.25) is 0 Å². The molecule has 2 aromatic rings. The van der Waals surface area contributed by atoms with Crippen molar-refractivity contribution in [1.29, 1.82) is 0 Å². The monoisotopic (exact) mass is 272 g/mol. The molecule has 2 nitrogen and oxygen atoms in total. The van der Waals surface area contributed by atoms with E-state index in [0.717, 1.165) is 24.1 Å². The number of nitrogens with zero attached hydrogens (tertiary/aromatic N) is 2. The van der Waals surface area contributed by atoms with Gasteiger partial charge >= 0.3 is 0 Å². The molecule has 0 amide bonds. The number of aromatic nitrogens is 2. The summed E-state index contributed by atoms with van der Waals surface area (Å²) in [5.41, 5.74) is 5.56. The van der Waals surface area contributed by atoms with Crippen molar-refractivity contribution in [2.75, 3.05) is 0 Å². The van der Waals surface area contributed by atoms with Crippen LogP contribution < -0.4 is 0 Å². The van der Waals surface area contributed by atoms with Gasteiger partial charge in [0.25, 0.3) is 0 Å². The summed E-state index contributed by atoms with van der Waals surface area (Å²) in [6.07, 6.45) is 3.29. The first-order valence-electron chi connectivity index (χ1n) is 6.35. The molecule has 2 rings (SSSR count). The molecule has 0 aliphatic rings. The summed E-state index contributed by atoms with van der Waals surface area (Å²) in [5.74, 6) is 2.93. The molecular weight excluding hydrogens is 255 g/mol. The summed E-state index contributed by atoms with van der Waals surface area (Å²) in [6, 6.07) is 4.47. The lowest BCUT2D eigenvalue weighted by molar-refractivity contribution is 0.629. The minimum absolute atomic E-state index is 0.282. The van der Waals surface area contributed by atoms with Crippen molar-refractivity contribution in [3.8, 4) is 11.5 Å². The molecular formula is C15H17FN2Si. The van der Waals surface area contributed by atoms with Crippen LogP contribution in [0.2, 0.25) is 19.6 Å². The molecule has 0 unspecified atom stereocenters. The lowest BCUT2D eigenvalue weighted by Crippen LogP contribution is -2.16. The van der Waals surface area contributed by atoms with Crippen molar-refractivity contribution in [3.63, 3.8) is 0 Å². The van der Waals surface area contributed by atoms with Crippen LogP contribution in [0.1, 0.15) is 12.1 Å². The first-order valence-corrected chi connectivity index (χ1v) is 9.85. The van der Waals surface area contributed by atoms with E-state index in [1.807, 2.05) is 0 Å². The van der Waals surface area contributed by atoms with E-state index in [4.69, 9.17) is 0 Å². The maximum atomic E-state index is 13.0. The molecule has 0 aliphatic carbocycles. The Hall–Kier alpha value is -1.73. The number of rotatable bonds is 2. The standard InChI is InChI=1S/C15H17FN2Si/c1-19(2,3)9-5-4-6-13-11-17-15-10-12(16)7-8-14(15)18-13/h7-8,10-11H,4,6H2,1-3H3. The molecule has 0 saturated heterocycles. The zero-order chi connectivity index (χ0) is 13.9. The Morgan fingerprint density at radius 3 is 2.74 bits per heavy atom. The van der Waals surface area contributed by atoms with Gasteiger partial charge < -0.3 is 0 Å². The van der Waals surface area contributed by atoms with Gasteiger partial charge in [-0.3, -0.25) is 4.98 Å². The van der Waals surface area contributed by atoms with E-state index in [1.54, 1.807) is 12.3 Å². The third-order valence-corrected chi connectivity index (χ3v) is 3.45. The highest BCUT2D eigenvalue weighted by Gasteiger charge is 2.07. The van der Waals surface area contributed by atoms with Gasteiger partial charge in [-0.2, -0.15) is 0 Å². The van der Waals surface area contributed by atoms with Gasteiger partial charge in [0, 0.05) is 25.1 Å². The van der Waals surface area contributed by atoms with Gasteiger partial charge in [-0.05, 0) is 12.1 Å². The van der Waals surface area contributed by atoms with E-state index in [9.17, 15) is 4.39 Å². The first-order chi connectivity index (χ1) is 8.94. The molecule has 19 heavy (non-hydrogen) atoms. The van der Waals surface area contributed by atoms with Crippen LogP contribution in [-0.4, -0.2) is 18.0 Å². The topological polar surface area (TPSA) is 25.8 Å². The molecule has 0 saturated carbocycles. The molecule has 0 fully saturated rings. The van der Waals surface area contributed by atoms with Gasteiger partial charge in [0.15, 0.2) is 0 Å². The van der Waals surface area contributed by atoms with Crippen molar-refractivity contribution in [1.82, 2.24) is 9.97 Å². The Kier molecular flexibility index (Phi) is 3.96. The molecule has 0 N–H and O–H groups in total. The quantitative estimate of drug-likeness (QED) is 0.617. The second kappa shape index (κ2) is 5.50. The van der Waals surface area contributed by atoms with Crippen molar-refractivity contribution >= 4 is 19.1 Å². The Morgan fingerprint density at radius 2 is 2.00 bits per heavy atom. The van der Waals surface area contributed by atoms with Crippen LogP contribution in [0.15, 0.2) is 24.4 Å². The summed E-state index contributed by atoms with van der Waals surface area (Å²) in [4.78, 5) is 8.69. The summed E-state index contributed by atoms with van der Waals surface area (Å²) in [7, 11) is -1.28. The van der Waals surface area contributed by atoms with Gasteiger partial charge in [-0.15, -0.1) is 11.5 Å². The molecule has 0 spiro atoms. The van der Waals surface area contributed by atoms with Crippen LogP contribution in [-0.2, 0) is 6.42 Å². The van der Waals surface area contributed by atoms with E-state index >= 15 is 0 Å². The maximum absolute atomic E-state index is 13.0. The smallest absolute Gasteiger partial charge is 0.129 e. The lowest BCUT2D eigenvalue weighted by atomic mass is 10.2. The van der Waals surface area contributed by atoms with Gasteiger partial charge in [-0.1, -0.05) is 19.6 Å². The minimum atomic E-state index is -1.28. The Labute approximate surface area is 114 Å². The highest BCUT2D eigenvalue weighted by Crippen LogP contribution is 2.12. The highest BCUT2D eigenvalue weighted by molar-refractivity contribution is 6.83. The van der Waals surface area contributed by atoms with E-state index in [0.29, 0.717) is 5.52 Å². The molecule has 98 valence electrons. The van der Waals surface area contributed by atoms with Gasteiger partial charge in [0.05, 0.1) is 16.7 Å². The number of hydrogen-bond donors (Lipinski definition) is 0. The van der Waals surface area contributed by atoms with Crippen molar-refractivity contribution in [3.05, 3.63) is 35.9 Å². The molecule has 1 aromatic heterocycles. The van der Waals surface area contributed by atoms with Crippen LogP contribution in [0.3, 0.4) is 0 Å². The van der Waals surface area contributed by atoms with E-state index in [1.165, 1.54) is 12.1 Å². The van der Waals surface area contributed by atoms with Crippen LogP contribution in [0.5, 0.6) is 0 Å².